The second-order valence-corrected chi connectivity index (χ2v) is 9.57. The van der Waals surface area contributed by atoms with Crippen LogP contribution < -0.4 is 10.0 Å². The van der Waals surface area contributed by atoms with Gasteiger partial charge in [-0.1, -0.05) is 45.0 Å². The highest BCUT2D eigenvalue weighted by atomic mass is 32.2. The van der Waals surface area contributed by atoms with Crippen molar-refractivity contribution in [3.05, 3.63) is 89.7 Å². The number of amides is 1. The van der Waals surface area contributed by atoms with Gasteiger partial charge in [0.1, 0.15) is 5.82 Å². The number of benzene rings is 3. The molecule has 3 rings (SSSR count). The number of hydrogen-bond donors (Lipinski definition) is 2. The Hall–Kier alpha value is -3.19. The lowest BCUT2D eigenvalue weighted by atomic mass is 9.87. The number of sulfonamides is 1. The molecule has 0 heterocycles. The zero-order valence-corrected chi connectivity index (χ0v) is 17.8. The highest BCUT2D eigenvalue weighted by molar-refractivity contribution is 7.92. The van der Waals surface area contributed by atoms with Crippen molar-refractivity contribution >= 4 is 27.3 Å². The molecule has 0 fully saturated rings. The van der Waals surface area contributed by atoms with Gasteiger partial charge in [-0.15, -0.1) is 0 Å². The van der Waals surface area contributed by atoms with Gasteiger partial charge in [0, 0.05) is 5.69 Å². The van der Waals surface area contributed by atoms with Crippen molar-refractivity contribution < 1.29 is 17.6 Å². The van der Waals surface area contributed by atoms with Gasteiger partial charge in [0.25, 0.3) is 15.9 Å². The third kappa shape index (κ3) is 5.04. The van der Waals surface area contributed by atoms with E-state index in [0.717, 1.165) is 29.8 Å². The van der Waals surface area contributed by atoms with Gasteiger partial charge in [-0.2, -0.15) is 0 Å². The highest BCUT2D eigenvalue weighted by Gasteiger charge is 2.19. The fourth-order valence-corrected chi connectivity index (χ4v) is 3.92. The van der Waals surface area contributed by atoms with Crippen LogP contribution in [0.2, 0.25) is 0 Å². The van der Waals surface area contributed by atoms with Crippen LogP contribution in [0.15, 0.2) is 77.7 Å². The molecular weight excluding hydrogens is 403 g/mol. The largest absolute Gasteiger partial charge is 0.322 e. The van der Waals surface area contributed by atoms with Crippen LogP contribution in [-0.2, 0) is 15.4 Å². The van der Waals surface area contributed by atoms with E-state index in [1.54, 1.807) is 12.1 Å². The molecule has 0 aliphatic carbocycles. The Kier molecular flexibility index (Phi) is 5.94. The Balaban J connectivity index is 1.82. The molecule has 0 spiro atoms. The molecule has 0 radical (unpaired) electrons. The van der Waals surface area contributed by atoms with Crippen LogP contribution in [0.5, 0.6) is 0 Å². The normalized spacial score (nSPS) is 11.7. The average molecular weight is 427 g/mol. The molecule has 0 bridgehead atoms. The van der Waals surface area contributed by atoms with E-state index >= 15 is 0 Å². The Morgan fingerprint density at radius 3 is 2.07 bits per heavy atom. The van der Waals surface area contributed by atoms with E-state index in [0.29, 0.717) is 5.69 Å². The number of rotatable bonds is 5. The van der Waals surface area contributed by atoms with Crippen LogP contribution in [-0.4, -0.2) is 14.3 Å². The van der Waals surface area contributed by atoms with Crippen molar-refractivity contribution in [3.63, 3.8) is 0 Å². The van der Waals surface area contributed by atoms with Gasteiger partial charge in [-0.05, 0) is 59.5 Å². The molecule has 7 heteroatoms. The number of para-hydroxylation sites is 1. The van der Waals surface area contributed by atoms with Crippen molar-refractivity contribution in [2.24, 2.45) is 0 Å². The first-order chi connectivity index (χ1) is 14.1. The maximum absolute atomic E-state index is 13.1. The number of hydrogen-bond acceptors (Lipinski definition) is 3. The summed E-state index contributed by atoms with van der Waals surface area (Å²) in [6.45, 7) is 6.30. The molecule has 0 saturated heterocycles. The zero-order valence-electron chi connectivity index (χ0n) is 16.9. The summed E-state index contributed by atoms with van der Waals surface area (Å²) in [7, 11) is -3.98. The molecule has 0 aromatic heterocycles. The highest BCUT2D eigenvalue weighted by Crippen LogP contribution is 2.25. The molecule has 0 atom stereocenters. The molecule has 30 heavy (non-hydrogen) atoms. The van der Waals surface area contributed by atoms with Gasteiger partial charge in [0.15, 0.2) is 0 Å². The molecule has 0 aliphatic rings. The van der Waals surface area contributed by atoms with Gasteiger partial charge < -0.3 is 5.32 Å². The van der Waals surface area contributed by atoms with E-state index in [4.69, 9.17) is 0 Å². The van der Waals surface area contributed by atoms with Crippen LogP contribution in [0.4, 0.5) is 15.8 Å². The van der Waals surface area contributed by atoms with Gasteiger partial charge in [-0.25, -0.2) is 12.8 Å². The minimum absolute atomic E-state index is 0.00618. The monoisotopic (exact) mass is 426 g/mol. The smallest absolute Gasteiger partial charge is 0.261 e. The molecule has 3 aromatic carbocycles. The number of carbonyl (C=O) groups is 1. The third-order valence-electron chi connectivity index (χ3n) is 4.55. The second kappa shape index (κ2) is 8.28. The van der Waals surface area contributed by atoms with Crippen molar-refractivity contribution in [1.82, 2.24) is 0 Å². The van der Waals surface area contributed by atoms with Gasteiger partial charge in [0.05, 0.1) is 16.1 Å². The first kappa shape index (κ1) is 21.5. The minimum atomic E-state index is -3.98. The summed E-state index contributed by atoms with van der Waals surface area (Å²) >= 11 is 0. The third-order valence-corrected chi connectivity index (χ3v) is 5.93. The van der Waals surface area contributed by atoms with Gasteiger partial charge >= 0.3 is 0 Å². The molecule has 1 amide bonds. The van der Waals surface area contributed by atoms with Crippen LogP contribution in [0.3, 0.4) is 0 Å². The Bertz CT molecular complexity index is 1150. The Morgan fingerprint density at radius 1 is 0.867 bits per heavy atom. The fraction of sp³-hybridized carbons (Fsp3) is 0.174. The molecule has 3 aromatic rings. The standard InChI is InChI=1S/C23H23FN2O3S/c1-23(2,3)16-8-12-18(13-9-16)25-22(27)20-6-4-5-7-21(20)26-30(28,29)19-14-10-17(24)11-15-19/h4-15,26H,1-3H3,(H,25,27). The van der Waals surface area contributed by atoms with Crippen molar-refractivity contribution in [2.45, 2.75) is 31.1 Å². The van der Waals surface area contributed by atoms with Crippen molar-refractivity contribution in [2.75, 3.05) is 10.0 Å². The van der Waals surface area contributed by atoms with Crippen LogP contribution in [0, 0.1) is 5.82 Å². The molecule has 0 unspecified atom stereocenters. The molecule has 2 N–H and O–H groups in total. The minimum Gasteiger partial charge on any atom is -0.322 e. The van der Waals surface area contributed by atoms with Crippen molar-refractivity contribution in [1.29, 1.82) is 0 Å². The lowest BCUT2D eigenvalue weighted by Gasteiger charge is -2.19. The lowest BCUT2D eigenvalue weighted by molar-refractivity contribution is 0.102. The molecular formula is C23H23FN2O3S. The summed E-state index contributed by atoms with van der Waals surface area (Å²) < 4.78 is 40.7. The van der Waals surface area contributed by atoms with Crippen LogP contribution in [0.1, 0.15) is 36.7 Å². The summed E-state index contributed by atoms with van der Waals surface area (Å²) in [4.78, 5) is 12.7. The molecule has 5 nitrogen and oxygen atoms in total. The lowest BCUT2D eigenvalue weighted by Crippen LogP contribution is -2.18. The number of halogens is 1. The summed E-state index contributed by atoms with van der Waals surface area (Å²) in [5.41, 5.74) is 2.03. The Labute approximate surface area is 176 Å². The topological polar surface area (TPSA) is 75.3 Å². The fourth-order valence-electron chi connectivity index (χ4n) is 2.84. The second-order valence-electron chi connectivity index (χ2n) is 7.89. The predicted octanol–water partition coefficient (Wildman–Crippen LogP) is 5.18. The van der Waals surface area contributed by atoms with Crippen LogP contribution >= 0.6 is 0 Å². The van der Waals surface area contributed by atoms with E-state index in [1.165, 1.54) is 12.1 Å². The SMILES string of the molecule is CC(C)(C)c1ccc(NC(=O)c2ccccc2NS(=O)(=O)c2ccc(F)cc2)cc1. The first-order valence-corrected chi connectivity index (χ1v) is 10.8. The first-order valence-electron chi connectivity index (χ1n) is 9.35. The van der Waals surface area contributed by atoms with E-state index in [9.17, 15) is 17.6 Å². The summed E-state index contributed by atoms with van der Waals surface area (Å²) in [6, 6.07) is 18.3. The molecule has 0 aliphatic heterocycles. The quantitative estimate of drug-likeness (QED) is 0.591. The molecule has 0 saturated carbocycles. The zero-order chi connectivity index (χ0) is 21.9. The summed E-state index contributed by atoms with van der Waals surface area (Å²) in [5.74, 6) is -0.984. The number of nitrogens with one attached hydrogen (secondary N) is 2. The van der Waals surface area contributed by atoms with Gasteiger partial charge in [-0.3, -0.25) is 9.52 Å². The van der Waals surface area contributed by atoms with E-state index < -0.39 is 21.7 Å². The molecule has 156 valence electrons. The average Bonchev–Trinajstić information content (AvgIpc) is 2.68. The predicted molar refractivity (Wildman–Crippen MR) is 117 cm³/mol. The summed E-state index contributed by atoms with van der Waals surface area (Å²) in [5, 5.41) is 2.79. The maximum Gasteiger partial charge on any atom is 0.261 e. The van der Waals surface area contributed by atoms with Crippen molar-refractivity contribution in [3.8, 4) is 0 Å². The Morgan fingerprint density at radius 2 is 1.47 bits per heavy atom. The van der Waals surface area contributed by atoms with E-state index in [-0.39, 0.29) is 21.6 Å². The van der Waals surface area contributed by atoms with E-state index in [2.05, 4.69) is 30.8 Å². The number of anilines is 2. The maximum atomic E-state index is 13.1. The summed E-state index contributed by atoms with van der Waals surface area (Å²) in [6.07, 6.45) is 0. The van der Waals surface area contributed by atoms with E-state index in [1.807, 2.05) is 24.3 Å². The van der Waals surface area contributed by atoms with Gasteiger partial charge in [0.2, 0.25) is 0 Å². The number of carbonyl (C=O) groups excluding carboxylic acids is 1. The van der Waals surface area contributed by atoms with Crippen LogP contribution in [0.25, 0.3) is 0 Å².